The van der Waals surface area contributed by atoms with Crippen molar-refractivity contribution in [2.75, 3.05) is 49.6 Å². The quantitative estimate of drug-likeness (QED) is 0.581. The molecule has 0 spiro atoms. The number of hydrogen-bond donors (Lipinski definition) is 0. The van der Waals surface area contributed by atoms with Crippen molar-refractivity contribution in [1.29, 1.82) is 0 Å². The van der Waals surface area contributed by atoms with Gasteiger partial charge >= 0.3 is 0 Å². The lowest BCUT2D eigenvalue weighted by molar-refractivity contribution is -0.306. The number of rotatable bonds is 6. The third kappa shape index (κ3) is 4.00. The van der Waals surface area contributed by atoms with Crippen molar-refractivity contribution >= 4 is 34.0 Å². The van der Waals surface area contributed by atoms with Gasteiger partial charge in [0, 0.05) is 54.7 Å². The van der Waals surface area contributed by atoms with E-state index in [9.17, 15) is 14.7 Å². The predicted octanol–water partition coefficient (Wildman–Crippen LogP) is 2.27. The second-order valence-electron chi connectivity index (χ2n) is 8.56. The summed E-state index contributed by atoms with van der Waals surface area (Å²) in [4.78, 5) is 30.4. The van der Waals surface area contributed by atoms with Crippen molar-refractivity contribution in [3.05, 3.63) is 65.7 Å². The van der Waals surface area contributed by atoms with Crippen molar-refractivity contribution in [2.24, 2.45) is 0 Å². The molecule has 1 amide bonds. The van der Waals surface area contributed by atoms with Crippen molar-refractivity contribution in [1.82, 2.24) is 4.90 Å². The number of nitrogens with zero attached hydrogens (tertiary/aromatic N) is 3. The van der Waals surface area contributed by atoms with Crippen LogP contribution >= 0.6 is 0 Å². The Kier molecular flexibility index (Phi) is 5.64. The van der Waals surface area contributed by atoms with Crippen LogP contribution in [-0.4, -0.2) is 56.6 Å². The molecule has 1 fully saturated rings. The maximum absolute atomic E-state index is 13.3. The van der Waals surface area contributed by atoms with Crippen LogP contribution in [0.4, 0.5) is 11.4 Å². The average Bonchev–Trinajstić information content (AvgIpc) is 2.96. The number of aliphatic carboxylic acids is 1. The lowest BCUT2D eigenvalue weighted by atomic mass is 10.0. The molecule has 7 heteroatoms. The first kappa shape index (κ1) is 21.3. The third-order valence-electron chi connectivity index (χ3n) is 6.54. The molecule has 3 aromatic rings. The van der Waals surface area contributed by atoms with Gasteiger partial charge in [0.1, 0.15) is 5.75 Å². The molecule has 0 saturated carbocycles. The molecule has 0 aromatic heterocycles. The summed E-state index contributed by atoms with van der Waals surface area (Å²) in [6.07, 6.45) is 0.874. The smallest absolute Gasteiger partial charge is 0.259 e. The van der Waals surface area contributed by atoms with Gasteiger partial charge in [0.2, 0.25) is 0 Å². The average molecular weight is 445 g/mol. The fraction of sp³-hybridized carbons (Fsp3) is 0.308. The normalized spacial score (nSPS) is 16.3. The van der Waals surface area contributed by atoms with Crippen molar-refractivity contribution in [3.8, 4) is 5.75 Å². The zero-order chi connectivity index (χ0) is 22.9. The number of amides is 1. The summed E-state index contributed by atoms with van der Waals surface area (Å²) >= 11 is 0. The Labute approximate surface area is 192 Å². The molecule has 0 aliphatic carbocycles. The molecule has 0 N–H and O–H groups in total. The Morgan fingerprint density at radius 1 is 0.970 bits per heavy atom. The van der Waals surface area contributed by atoms with Gasteiger partial charge in [-0.3, -0.25) is 9.69 Å². The van der Waals surface area contributed by atoms with Crippen LogP contribution < -0.4 is 19.6 Å². The number of carbonyl (C=O) groups excluding carboxylic acids is 2. The summed E-state index contributed by atoms with van der Waals surface area (Å²) in [6.45, 7) is 3.43. The van der Waals surface area contributed by atoms with E-state index in [4.69, 9.17) is 4.74 Å². The lowest BCUT2D eigenvalue weighted by Gasteiger charge is -2.26. The number of anilines is 2. The second-order valence-corrected chi connectivity index (χ2v) is 8.56. The Morgan fingerprint density at radius 2 is 1.76 bits per heavy atom. The summed E-state index contributed by atoms with van der Waals surface area (Å²) in [7, 11) is 1.64. The minimum atomic E-state index is -1.04. The molecule has 0 bridgehead atoms. The number of carbonyl (C=O) groups is 2. The molecule has 2 aliphatic rings. The molecule has 0 atom stereocenters. The van der Waals surface area contributed by atoms with E-state index in [0.717, 1.165) is 65.1 Å². The maximum atomic E-state index is 13.3. The van der Waals surface area contributed by atoms with Gasteiger partial charge in [-0.15, -0.1) is 0 Å². The number of ether oxygens (including phenoxy) is 1. The van der Waals surface area contributed by atoms with Crippen LogP contribution in [0.25, 0.3) is 10.8 Å². The topological polar surface area (TPSA) is 76.2 Å². The van der Waals surface area contributed by atoms with Crippen molar-refractivity contribution in [3.63, 3.8) is 0 Å². The van der Waals surface area contributed by atoms with Crippen LogP contribution in [0.3, 0.4) is 0 Å². The number of carboxylic acids is 1. The van der Waals surface area contributed by atoms with Crippen LogP contribution in [0.15, 0.2) is 54.6 Å². The van der Waals surface area contributed by atoms with Gasteiger partial charge in [-0.1, -0.05) is 24.3 Å². The number of methoxy groups -OCH3 is 1. The van der Waals surface area contributed by atoms with E-state index in [2.05, 4.69) is 17.0 Å². The van der Waals surface area contributed by atoms with E-state index in [0.29, 0.717) is 13.1 Å². The van der Waals surface area contributed by atoms with Crippen LogP contribution in [0.2, 0.25) is 0 Å². The first-order valence-electron chi connectivity index (χ1n) is 11.2. The summed E-state index contributed by atoms with van der Waals surface area (Å²) in [6, 6.07) is 17.8. The molecule has 2 aliphatic heterocycles. The van der Waals surface area contributed by atoms with Gasteiger partial charge in [0.05, 0.1) is 25.3 Å². The highest BCUT2D eigenvalue weighted by Gasteiger charge is 2.31. The van der Waals surface area contributed by atoms with Gasteiger partial charge in [-0.25, -0.2) is 0 Å². The first-order chi connectivity index (χ1) is 16.0. The zero-order valence-electron chi connectivity index (χ0n) is 18.6. The molecule has 7 nitrogen and oxygen atoms in total. The summed E-state index contributed by atoms with van der Waals surface area (Å²) in [5.74, 6) is -0.235. The molecule has 170 valence electrons. The molecule has 0 unspecified atom stereocenters. The SMILES string of the molecule is COc1ccc(CN2C(=O)c3cccc4c(N5CCCN(CC(=O)[O-])CC5)ccc2c34)cc1. The Hall–Kier alpha value is -3.58. The number of carboxylic acid groups (broad SMARTS) is 1. The second kappa shape index (κ2) is 8.75. The Morgan fingerprint density at radius 3 is 2.52 bits per heavy atom. The van der Waals surface area contributed by atoms with Crippen LogP contribution in [0.5, 0.6) is 5.75 Å². The minimum Gasteiger partial charge on any atom is -0.549 e. The monoisotopic (exact) mass is 444 g/mol. The van der Waals surface area contributed by atoms with Gasteiger partial charge in [0.15, 0.2) is 0 Å². The van der Waals surface area contributed by atoms with Crippen molar-refractivity contribution < 1.29 is 19.4 Å². The Bertz CT molecular complexity index is 1210. The molecule has 0 radical (unpaired) electrons. The van der Waals surface area contributed by atoms with E-state index >= 15 is 0 Å². The van der Waals surface area contributed by atoms with Gasteiger partial charge in [-0.2, -0.15) is 0 Å². The van der Waals surface area contributed by atoms with Crippen LogP contribution in [0, 0.1) is 0 Å². The third-order valence-corrected chi connectivity index (χ3v) is 6.54. The van der Waals surface area contributed by atoms with E-state index in [1.165, 1.54) is 0 Å². The van der Waals surface area contributed by atoms with Gasteiger partial charge < -0.3 is 24.4 Å². The summed E-state index contributed by atoms with van der Waals surface area (Å²) < 4.78 is 5.24. The standard InChI is InChI=1S/C26H27N3O4/c1-33-19-8-6-18(7-9-19)16-29-23-11-10-22(20-4-2-5-21(25(20)23)26(29)32)28-13-3-12-27(14-15-28)17-24(30)31/h2,4-11H,3,12-17H2,1H3,(H,30,31)/p-1. The lowest BCUT2D eigenvalue weighted by Crippen LogP contribution is -2.40. The van der Waals surface area contributed by atoms with Crippen LogP contribution in [0.1, 0.15) is 22.3 Å². The van der Waals surface area contributed by atoms with Crippen LogP contribution in [-0.2, 0) is 11.3 Å². The Balaban J connectivity index is 1.45. The highest BCUT2D eigenvalue weighted by molar-refractivity contribution is 6.26. The number of benzene rings is 3. The highest BCUT2D eigenvalue weighted by atomic mass is 16.5. The predicted molar refractivity (Wildman–Crippen MR) is 126 cm³/mol. The minimum absolute atomic E-state index is 0.0135. The molecule has 1 saturated heterocycles. The molecular weight excluding hydrogens is 418 g/mol. The molecule has 5 rings (SSSR count). The van der Waals surface area contributed by atoms with E-state index in [1.807, 2.05) is 52.3 Å². The van der Waals surface area contributed by atoms with Gasteiger partial charge in [0.25, 0.3) is 5.91 Å². The first-order valence-corrected chi connectivity index (χ1v) is 11.2. The summed E-state index contributed by atoms with van der Waals surface area (Å²) in [5, 5.41) is 13.1. The molecule has 2 heterocycles. The molecule has 3 aromatic carbocycles. The fourth-order valence-corrected chi connectivity index (χ4v) is 4.93. The highest BCUT2D eigenvalue weighted by Crippen LogP contribution is 2.42. The molecule has 33 heavy (non-hydrogen) atoms. The maximum Gasteiger partial charge on any atom is 0.259 e. The zero-order valence-corrected chi connectivity index (χ0v) is 18.6. The van der Waals surface area contributed by atoms with E-state index in [1.54, 1.807) is 7.11 Å². The molecular formula is C26H26N3O4-. The largest absolute Gasteiger partial charge is 0.549 e. The summed E-state index contributed by atoms with van der Waals surface area (Å²) in [5.41, 5.74) is 3.78. The number of hydrogen-bond acceptors (Lipinski definition) is 6. The van der Waals surface area contributed by atoms with E-state index in [-0.39, 0.29) is 12.5 Å². The van der Waals surface area contributed by atoms with E-state index < -0.39 is 5.97 Å². The van der Waals surface area contributed by atoms with Gasteiger partial charge in [-0.05, 0) is 42.3 Å². The fourth-order valence-electron chi connectivity index (χ4n) is 4.93. The van der Waals surface area contributed by atoms with Crippen molar-refractivity contribution in [2.45, 2.75) is 13.0 Å².